The van der Waals surface area contributed by atoms with E-state index in [0.717, 1.165) is 0 Å². The van der Waals surface area contributed by atoms with Gasteiger partial charge in [-0.05, 0) is 33.1 Å². The molecule has 0 bridgehead atoms. The zero-order valence-electron chi connectivity index (χ0n) is 27.6. The van der Waals surface area contributed by atoms with Crippen molar-refractivity contribution in [2.45, 2.75) is 66.0 Å². The fourth-order valence-electron chi connectivity index (χ4n) is 5.53. The minimum Gasteiger partial charge on any atom is -0.214 e. The Morgan fingerprint density at radius 2 is 1.09 bits per heavy atom. The summed E-state index contributed by atoms with van der Waals surface area (Å²) in [5.74, 6) is 0. The molecule has 6 aromatic carbocycles. The molecule has 6 rings (SSSR count). The van der Waals surface area contributed by atoms with Crippen LogP contribution < -0.4 is 29.7 Å². The molecule has 0 unspecified atom stereocenters. The molecule has 0 radical (unpaired) electrons. The molecule has 0 spiro atoms. The Kier molecular flexibility index (Phi) is 15.2. The molecule has 6 aromatic rings. The van der Waals surface area contributed by atoms with E-state index in [1.54, 1.807) is 0 Å². The third-order valence-corrected chi connectivity index (χ3v) is 9.06. The number of nitrogens with zero attached hydrogens (tertiary/aromatic N) is 1. The molecule has 0 atom stereocenters. The van der Waals surface area contributed by atoms with Crippen LogP contribution in [-0.4, -0.2) is 15.3 Å². The molecule has 0 aliphatic heterocycles. The van der Waals surface area contributed by atoms with Gasteiger partial charge in [0.05, 0.1) is 0 Å². The second-order valence-electron chi connectivity index (χ2n) is 12.6. The van der Waals surface area contributed by atoms with Crippen molar-refractivity contribution in [2.75, 3.05) is 4.90 Å². The van der Waals surface area contributed by atoms with Crippen LogP contribution in [0.5, 0.6) is 0 Å². The van der Waals surface area contributed by atoms with E-state index in [1.165, 1.54) is 71.4 Å². The van der Waals surface area contributed by atoms with Crippen molar-refractivity contribution in [3.63, 3.8) is 0 Å². The standard InChI is InChI=1S/C23H30N.C13H10.C5H5.2ClH.Zr/c1-15(2)24(16(3)4)20-9-11-22-18(14-20)12-17-13-19(23(5,6)7)8-10-21(17)22;1-3-7-12(8-4-1)11-13-9-5-2-6-10-13;1-2-4-5-3-1;;;/h8-16H,1-7H3;1-10H;1-5H;2*1H;/q-1;;-1;;;+2/p-2. The van der Waals surface area contributed by atoms with Gasteiger partial charge < -0.3 is 29.7 Å². The van der Waals surface area contributed by atoms with Crippen LogP contribution in [0.1, 0.15) is 65.2 Å². The van der Waals surface area contributed by atoms with E-state index in [2.05, 4.69) is 156 Å². The van der Waals surface area contributed by atoms with Crippen LogP contribution in [0.2, 0.25) is 0 Å². The van der Waals surface area contributed by atoms with Crippen LogP contribution in [0.15, 0.2) is 133 Å². The van der Waals surface area contributed by atoms with Gasteiger partial charge in [0.2, 0.25) is 0 Å². The number of rotatable bonds is 5. The molecule has 4 heteroatoms. The van der Waals surface area contributed by atoms with Crippen molar-refractivity contribution in [1.29, 1.82) is 0 Å². The predicted octanol–water partition coefficient (Wildman–Crippen LogP) is 4.85. The molecule has 0 N–H and O–H groups in total. The summed E-state index contributed by atoms with van der Waals surface area (Å²) in [6.45, 7) is 15.9. The van der Waals surface area contributed by atoms with Crippen molar-refractivity contribution in [2.24, 2.45) is 0 Å². The maximum atomic E-state index is 2.48. The van der Waals surface area contributed by atoms with E-state index >= 15 is 0 Å². The molecule has 0 amide bonds. The largest absolute Gasteiger partial charge is 0.214 e. The van der Waals surface area contributed by atoms with Crippen molar-refractivity contribution >= 4 is 30.4 Å². The molecule has 234 valence electrons. The van der Waals surface area contributed by atoms with Gasteiger partial charge in [0.25, 0.3) is 0 Å². The van der Waals surface area contributed by atoms with Gasteiger partial charge in [-0.25, -0.2) is 12.1 Å². The molecule has 0 heterocycles. The van der Waals surface area contributed by atoms with Gasteiger partial charge in [0.1, 0.15) is 0 Å². The van der Waals surface area contributed by atoms with Gasteiger partial charge in [0.15, 0.2) is 0 Å². The van der Waals surface area contributed by atoms with E-state index in [9.17, 15) is 0 Å². The zero-order chi connectivity index (χ0) is 31.0. The minimum atomic E-state index is 0. The SMILES string of the molecule is CC(C)N(c1ccc2c(c1)[cH-]c1cc(C(C)(C)C)ccc12)C(C)C.[Cl-].[Cl-].[Zr+2]=[C](c1ccccc1)c1ccccc1.c1cc[cH-]c1. The van der Waals surface area contributed by atoms with Crippen molar-refractivity contribution in [3.8, 4) is 0 Å². The molecule has 0 aromatic heterocycles. The second-order valence-corrected chi connectivity index (χ2v) is 13.9. The first-order valence-electron chi connectivity index (χ1n) is 15.3. The van der Waals surface area contributed by atoms with Gasteiger partial charge in [-0.2, -0.15) is 18.2 Å². The van der Waals surface area contributed by atoms with E-state index < -0.39 is 0 Å². The van der Waals surface area contributed by atoms with Gasteiger partial charge in [-0.15, -0.1) is 33.7 Å². The maximum absolute atomic E-state index is 2.48. The summed E-state index contributed by atoms with van der Waals surface area (Å²) in [7, 11) is 0. The molecular formula is C41H45Cl2NZr-2. The van der Waals surface area contributed by atoms with Crippen molar-refractivity contribution < 1.29 is 49.0 Å². The average Bonchev–Trinajstić information content (AvgIpc) is 3.69. The molecule has 0 aliphatic rings. The summed E-state index contributed by atoms with van der Waals surface area (Å²) in [6.07, 6.45) is 0. The number of fused-ring (bicyclic) bond motifs is 3. The number of hydrogen-bond donors (Lipinski definition) is 0. The van der Waals surface area contributed by atoms with E-state index in [0.29, 0.717) is 12.1 Å². The Bertz CT molecular complexity index is 1640. The molecule has 0 fully saturated rings. The molecule has 0 aliphatic carbocycles. The van der Waals surface area contributed by atoms with Crippen LogP contribution in [0, 0.1) is 0 Å². The van der Waals surface area contributed by atoms with Crippen LogP contribution in [-0.2, 0) is 29.7 Å². The van der Waals surface area contributed by atoms with E-state index in [-0.39, 0.29) is 30.2 Å². The Morgan fingerprint density at radius 3 is 1.51 bits per heavy atom. The van der Waals surface area contributed by atoms with Gasteiger partial charge in [-0.3, -0.25) is 0 Å². The van der Waals surface area contributed by atoms with Crippen LogP contribution >= 0.6 is 0 Å². The van der Waals surface area contributed by atoms with E-state index in [1.807, 2.05) is 30.3 Å². The first-order chi connectivity index (χ1) is 20.6. The first kappa shape index (κ1) is 38.4. The van der Waals surface area contributed by atoms with Gasteiger partial charge in [-0.1, -0.05) is 56.7 Å². The molecular weight excluding hydrogens is 669 g/mol. The van der Waals surface area contributed by atoms with Crippen LogP contribution in [0.3, 0.4) is 0 Å². The Morgan fingerprint density at radius 1 is 0.622 bits per heavy atom. The van der Waals surface area contributed by atoms with Gasteiger partial charge in [0, 0.05) is 17.8 Å². The Labute approximate surface area is 298 Å². The van der Waals surface area contributed by atoms with Crippen LogP contribution in [0.4, 0.5) is 5.69 Å². The van der Waals surface area contributed by atoms with E-state index in [4.69, 9.17) is 0 Å². The summed E-state index contributed by atoms with van der Waals surface area (Å²) < 4.78 is 1.42. The molecule has 45 heavy (non-hydrogen) atoms. The average molecular weight is 714 g/mol. The number of halogens is 2. The fraction of sp³-hybridized carbons (Fsp3) is 0.244. The predicted molar refractivity (Wildman–Crippen MR) is 187 cm³/mol. The molecule has 0 saturated carbocycles. The number of benzene rings is 4. The van der Waals surface area contributed by atoms with Crippen molar-refractivity contribution in [3.05, 3.63) is 150 Å². The van der Waals surface area contributed by atoms with Crippen molar-refractivity contribution in [1.82, 2.24) is 0 Å². The smallest absolute Gasteiger partial charge is 0.172 e. The quantitative estimate of drug-likeness (QED) is 0.231. The topological polar surface area (TPSA) is 3.24 Å². The van der Waals surface area contributed by atoms with Gasteiger partial charge >= 0.3 is 99.2 Å². The fourth-order valence-corrected chi connectivity index (χ4v) is 6.35. The third-order valence-electron chi connectivity index (χ3n) is 7.65. The Hall–Kier alpha value is -2.77. The maximum Gasteiger partial charge on any atom is -0.172 e. The normalized spacial score (nSPS) is 10.7. The summed E-state index contributed by atoms with van der Waals surface area (Å²) in [6, 6.07) is 48.3. The third kappa shape index (κ3) is 10.4. The first-order valence-corrected chi connectivity index (χ1v) is 16.6. The molecule has 0 saturated heterocycles. The summed E-state index contributed by atoms with van der Waals surface area (Å²) in [5.41, 5.74) is 5.57. The molecule has 1 nitrogen and oxygen atoms in total. The monoisotopic (exact) mass is 711 g/mol. The summed E-state index contributed by atoms with van der Waals surface area (Å²) in [5, 5.41) is 5.43. The Balaban J connectivity index is 0.000000283. The zero-order valence-corrected chi connectivity index (χ0v) is 31.5. The number of anilines is 1. The minimum absolute atomic E-state index is 0. The second kappa shape index (κ2) is 17.8. The summed E-state index contributed by atoms with van der Waals surface area (Å²) in [4.78, 5) is 2.48. The summed E-state index contributed by atoms with van der Waals surface area (Å²) >= 11 is 1.46. The number of hydrogen-bond acceptors (Lipinski definition) is 1. The van der Waals surface area contributed by atoms with Crippen LogP contribution in [0.25, 0.3) is 21.5 Å².